The van der Waals surface area contributed by atoms with Crippen LogP contribution in [-0.2, 0) is 20.2 Å². The van der Waals surface area contributed by atoms with Crippen molar-refractivity contribution < 1.29 is 34.7 Å². The van der Waals surface area contributed by atoms with Gasteiger partial charge in [0.1, 0.15) is 21.1 Å². The lowest BCUT2D eigenvalue weighted by atomic mass is 10.1. The standard InChI is InChI=1S/C23H22O8S2/c1-15-5-9-18(10-6-15)32(25,26)30-21-13-22(20(14-24)23(29-4)17(21)3)31-33(27,28)19-11-7-16(2)8-12-19/h5-14H,1-4H3. The van der Waals surface area contributed by atoms with E-state index in [1.807, 2.05) is 6.92 Å². The van der Waals surface area contributed by atoms with Crippen LogP contribution in [0.2, 0.25) is 0 Å². The van der Waals surface area contributed by atoms with E-state index in [0.717, 1.165) is 17.2 Å². The van der Waals surface area contributed by atoms with Crippen LogP contribution in [-0.4, -0.2) is 30.2 Å². The number of methoxy groups -OCH3 is 1. The Morgan fingerprint density at radius 1 is 0.697 bits per heavy atom. The average molecular weight is 491 g/mol. The molecule has 8 nitrogen and oxygen atoms in total. The highest BCUT2D eigenvalue weighted by molar-refractivity contribution is 7.87. The van der Waals surface area contributed by atoms with Crippen molar-refractivity contribution in [3.63, 3.8) is 0 Å². The lowest BCUT2D eigenvalue weighted by Crippen LogP contribution is -2.14. The van der Waals surface area contributed by atoms with E-state index in [2.05, 4.69) is 0 Å². The van der Waals surface area contributed by atoms with Gasteiger partial charge in [-0.25, -0.2) is 0 Å². The Morgan fingerprint density at radius 2 is 1.12 bits per heavy atom. The molecule has 3 aromatic rings. The van der Waals surface area contributed by atoms with Crippen LogP contribution in [0.4, 0.5) is 0 Å². The fraction of sp³-hybridized carbons (Fsp3) is 0.174. The lowest BCUT2D eigenvalue weighted by Gasteiger charge is -2.17. The summed E-state index contributed by atoms with van der Waals surface area (Å²) < 4.78 is 66.8. The number of benzene rings is 3. The molecule has 0 aliphatic rings. The fourth-order valence-electron chi connectivity index (χ4n) is 3.00. The first-order valence-corrected chi connectivity index (χ1v) is 12.5. The van der Waals surface area contributed by atoms with Crippen LogP contribution in [0.5, 0.6) is 17.2 Å². The number of aldehydes is 1. The molecule has 0 aromatic heterocycles. The van der Waals surface area contributed by atoms with Crippen LogP contribution in [0.15, 0.2) is 64.4 Å². The summed E-state index contributed by atoms with van der Waals surface area (Å²) in [6.07, 6.45) is 0.365. The Labute approximate surface area is 193 Å². The third-order valence-corrected chi connectivity index (χ3v) is 7.32. The minimum Gasteiger partial charge on any atom is -0.495 e. The molecule has 0 atom stereocenters. The second kappa shape index (κ2) is 9.24. The molecular weight excluding hydrogens is 468 g/mol. The zero-order valence-corrected chi connectivity index (χ0v) is 20.0. The molecular formula is C23H22O8S2. The normalized spacial score (nSPS) is 11.6. The molecule has 0 spiro atoms. The maximum atomic E-state index is 12.8. The van der Waals surface area contributed by atoms with Gasteiger partial charge in [0.05, 0.1) is 7.11 Å². The maximum Gasteiger partial charge on any atom is 0.339 e. The zero-order valence-electron chi connectivity index (χ0n) is 18.4. The maximum absolute atomic E-state index is 12.8. The van der Waals surface area contributed by atoms with Gasteiger partial charge in [0.25, 0.3) is 0 Å². The van der Waals surface area contributed by atoms with Gasteiger partial charge in [-0.05, 0) is 45.0 Å². The number of carbonyl (C=O) groups excluding carboxylic acids is 1. The van der Waals surface area contributed by atoms with Crippen LogP contribution in [0, 0.1) is 20.8 Å². The van der Waals surface area contributed by atoms with E-state index in [1.165, 1.54) is 38.3 Å². The summed E-state index contributed by atoms with van der Waals surface area (Å²) in [6.45, 7) is 5.08. The van der Waals surface area contributed by atoms with Gasteiger partial charge in [0.2, 0.25) is 0 Å². The third-order valence-electron chi connectivity index (χ3n) is 4.82. The molecule has 0 heterocycles. The average Bonchev–Trinajstić information content (AvgIpc) is 2.75. The molecule has 0 amide bonds. The van der Waals surface area contributed by atoms with E-state index in [1.54, 1.807) is 31.2 Å². The topological polar surface area (TPSA) is 113 Å². The van der Waals surface area contributed by atoms with Crippen molar-refractivity contribution in [2.75, 3.05) is 7.11 Å². The van der Waals surface area contributed by atoms with Crippen molar-refractivity contribution in [1.82, 2.24) is 0 Å². The molecule has 3 rings (SSSR count). The highest BCUT2D eigenvalue weighted by atomic mass is 32.2. The number of ether oxygens (including phenoxy) is 1. The van der Waals surface area contributed by atoms with Crippen molar-refractivity contribution in [2.24, 2.45) is 0 Å². The van der Waals surface area contributed by atoms with Crippen molar-refractivity contribution in [3.8, 4) is 17.2 Å². The van der Waals surface area contributed by atoms with Gasteiger partial charge >= 0.3 is 20.2 Å². The molecule has 0 saturated heterocycles. The Morgan fingerprint density at radius 3 is 1.52 bits per heavy atom. The lowest BCUT2D eigenvalue weighted by molar-refractivity contribution is 0.111. The number of hydrogen-bond acceptors (Lipinski definition) is 8. The van der Waals surface area contributed by atoms with E-state index < -0.39 is 26.0 Å². The van der Waals surface area contributed by atoms with Gasteiger partial charge in [-0.3, -0.25) is 4.79 Å². The first-order chi connectivity index (χ1) is 15.5. The molecule has 33 heavy (non-hydrogen) atoms. The quantitative estimate of drug-likeness (QED) is 0.344. The Kier molecular flexibility index (Phi) is 6.80. The van der Waals surface area contributed by atoms with E-state index in [0.29, 0.717) is 6.29 Å². The summed E-state index contributed by atoms with van der Waals surface area (Å²) in [5.74, 6) is -0.745. The van der Waals surface area contributed by atoms with E-state index in [4.69, 9.17) is 13.1 Å². The van der Waals surface area contributed by atoms with Gasteiger partial charge in [0, 0.05) is 11.6 Å². The smallest absolute Gasteiger partial charge is 0.339 e. The molecule has 174 valence electrons. The molecule has 0 aliphatic heterocycles. The molecule has 0 bridgehead atoms. The van der Waals surface area contributed by atoms with Crippen LogP contribution >= 0.6 is 0 Å². The van der Waals surface area contributed by atoms with Crippen molar-refractivity contribution in [2.45, 2.75) is 30.6 Å². The molecule has 0 unspecified atom stereocenters. The van der Waals surface area contributed by atoms with Crippen molar-refractivity contribution in [3.05, 3.63) is 76.9 Å². The molecule has 0 fully saturated rings. The Bertz CT molecular complexity index is 1390. The molecule has 3 aromatic carbocycles. The summed E-state index contributed by atoms with van der Waals surface area (Å²) >= 11 is 0. The van der Waals surface area contributed by atoms with Gasteiger partial charge in [-0.1, -0.05) is 35.4 Å². The van der Waals surface area contributed by atoms with E-state index >= 15 is 0 Å². The second-order valence-electron chi connectivity index (χ2n) is 7.26. The van der Waals surface area contributed by atoms with Gasteiger partial charge in [-0.15, -0.1) is 0 Å². The number of hydrogen-bond donors (Lipinski definition) is 0. The Hall–Kier alpha value is -3.37. The third kappa shape index (κ3) is 5.18. The SMILES string of the molecule is COc1c(C)c(OS(=O)(=O)c2ccc(C)cc2)cc(OS(=O)(=O)c2ccc(C)cc2)c1C=O. The summed E-state index contributed by atoms with van der Waals surface area (Å²) in [6, 6.07) is 12.9. The molecule has 0 aliphatic carbocycles. The van der Waals surface area contributed by atoms with E-state index in [9.17, 15) is 21.6 Å². The molecule has 10 heteroatoms. The minimum atomic E-state index is -4.34. The first kappa shape index (κ1) is 24.3. The van der Waals surface area contributed by atoms with Gasteiger partial charge in [0.15, 0.2) is 17.8 Å². The van der Waals surface area contributed by atoms with Gasteiger partial charge < -0.3 is 13.1 Å². The van der Waals surface area contributed by atoms with Crippen LogP contribution in [0.25, 0.3) is 0 Å². The van der Waals surface area contributed by atoms with Gasteiger partial charge in [-0.2, -0.15) is 16.8 Å². The van der Waals surface area contributed by atoms with Crippen molar-refractivity contribution >= 4 is 26.5 Å². The first-order valence-electron chi connectivity index (χ1n) is 9.67. The Balaban J connectivity index is 2.09. The monoisotopic (exact) mass is 490 g/mol. The van der Waals surface area contributed by atoms with E-state index in [-0.39, 0.29) is 32.4 Å². The predicted molar refractivity (Wildman–Crippen MR) is 121 cm³/mol. The predicted octanol–water partition coefficient (Wildman–Crippen LogP) is 3.97. The highest BCUT2D eigenvalue weighted by Crippen LogP contribution is 2.40. The van der Waals surface area contributed by atoms with Crippen LogP contribution in [0.1, 0.15) is 27.0 Å². The molecule has 0 radical (unpaired) electrons. The number of carbonyl (C=O) groups is 1. The summed E-state index contributed by atoms with van der Waals surface area (Å²) in [7, 11) is -7.34. The van der Waals surface area contributed by atoms with Crippen LogP contribution < -0.4 is 13.1 Å². The second-order valence-corrected chi connectivity index (χ2v) is 10.4. The fourth-order valence-corrected chi connectivity index (χ4v) is 4.92. The summed E-state index contributed by atoms with van der Waals surface area (Å²) in [5.41, 5.74) is 1.68. The highest BCUT2D eigenvalue weighted by Gasteiger charge is 2.26. The summed E-state index contributed by atoms with van der Waals surface area (Å²) in [4.78, 5) is 11.5. The number of aryl methyl sites for hydroxylation is 2. The molecule has 0 saturated carbocycles. The zero-order chi connectivity index (χ0) is 24.4. The largest absolute Gasteiger partial charge is 0.495 e. The summed E-state index contributed by atoms with van der Waals surface area (Å²) in [5, 5.41) is 0. The van der Waals surface area contributed by atoms with Crippen molar-refractivity contribution in [1.29, 1.82) is 0 Å². The number of rotatable bonds is 8. The minimum absolute atomic E-state index is 0.0734. The van der Waals surface area contributed by atoms with Crippen LogP contribution in [0.3, 0.4) is 0 Å². The molecule has 0 N–H and O–H groups in total.